The van der Waals surface area contributed by atoms with Gasteiger partial charge in [0, 0.05) is 45.2 Å². The quantitative estimate of drug-likeness (QED) is 0.257. The largest absolute Gasteiger partial charge is 0.485 e. The molecule has 0 bridgehead atoms. The summed E-state index contributed by atoms with van der Waals surface area (Å²) in [5.74, 6) is -1.76. The lowest BCUT2D eigenvalue weighted by molar-refractivity contribution is -0.137. The second-order valence-electron chi connectivity index (χ2n) is 12.3. The third-order valence-corrected chi connectivity index (χ3v) is 9.43. The molecule has 48 heavy (non-hydrogen) atoms. The van der Waals surface area contributed by atoms with Gasteiger partial charge in [-0.05, 0) is 37.3 Å². The topological polar surface area (TPSA) is 119 Å². The van der Waals surface area contributed by atoms with Crippen LogP contribution in [-0.4, -0.2) is 88.6 Å². The smallest absolute Gasteiger partial charge is 0.247 e. The Morgan fingerprint density at radius 3 is 2.60 bits per heavy atom. The van der Waals surface area contributed by atoms with Crippen molar-refractivity contribution in [1.29, 1.82) is 0 Å². The number of nitrogens with one attached hydrogen (secondary N) is 1. The number of rotatable bonds is 8. The highest BCUT2D eigenvalue weighted by molar-refractivity contribution is 6.33. The van der Waals surface area contributed by atoms with Crippen molar-refractivity contribution in [2.24, 2.45) is 0 Å². The van der Waals surface area contributed by atoms with E-state index in [0.29, 0.717) is 32.8 Å². The van der Waals surface area contributed by atoms with Gasteiger partial charge in [-0.3, -0.25) is 14.4 Å². The van der Waals surface area contributed by atoms with Crippen LogP contribution in [0.4, 0.5) is 14.5 Å². The van der Waals surface area contributed by atoms with Crippen molar-refractivity contribution in [3.8, 4) is 16.9 Å². The molecule has 250 valence electrons. The van der Waals surface area contributed by atoms with E-state index in [1.807, 2.05) is 0 Å². The van der Waals surface area contributed by atoms with E-state index in [9.17, 15) is 23.9 Å². The number of Topliss-reactive ketones (excluding diaryl/α,β-unsaturated/α-hetero) is 1. The fraction of sp³-hybridized carbons (Fsp3) is 0.343. The third-order valence-electron chi connectivity index (χ3n) is 9.10. The molecular formula is C35H32ClF2N3O7. The summed E-state index contributed by atoms with van der Waals surface area (Å²) in [7, 11) is 0. The number of aliphatic hydroxyl groups excluding tert-OH is 1. The third kappa shape index (κ3) is 5.94. The minimum Gasteiger partial charge on any atom is -0.485 e. The standard InChI is InChI=1S/C35H32ClF2N3O7/c1-18(42)24-14-40(27-10-9-20(12-23(24)27)48-30-17-47-33-29(43)16-46-34(30)33)15-31(44)41-13-19(37)11-28(41)35(45)39-26-8-4-6-22(32(26)38)21-5-2-3-7-25(21)36/h2-10,12,14,19,28-30,33-34,43H,11,13,15-17H2,1H3,(H,39,45)/t19-,28+,29-,30-,33-,34-/m1/s1. The molecule has 2 amide bonds. The average molecular weight is 680 g/mol. The highest BCUT2D eigenvalue weighted by Gasteiger charge is 2.48. The van der Waals surface area contributed by atoms with Crippen LogP contribution in [0.5, 0.6) is 5.75 Å². The van der Waals surface area contributed by atoms with E-state index in [4.69, 9.17) is 25.8 Å². The van der Waals surface area contributed by atoms with Crippen molar-refractivity contribution in [3.63, 3.8) is 0 Å². The molecule has 10 nitrogen and oxygen atoms in total. The number of benzene rings is 3. The van der Waals surface area contributed by atoms with Crippen molar-refractivity contribution in [3.05, 3.63) is 83.3 Å². The average Bonchev–Trinajstić information content (AvgIpc) is 3.83. The van der Waals surface area contributed by atoms with Crippen LogP contribution in [0.3, 0.4) is 0 Å². The van der Waals surface area contributed by atoms with E-state index >= 15 is 4.39 Å². The van der Waals surface area contributed by atoms with Crippen LogP contribution in [0, 0.1) is 5.82 Å². The maximum atomic E-state index is 15.5. The summed E-state index contributed by atoms with van der Waals surface area (Å²) >= 11 is 6.26. The number of hydrogen-bond acceptors (Lipinski definition) is 7. The molecule has 0 saturated carbocycles. The monoisotopic (exact) mass is 679 g/mol. The van der Waals surface area contributed by atoms with E-state index < -0.39 is 54.3 Å². The first kappa shape index (κ1) is 32.2. The number of hydrogen-bond donors (Lipinski definition) is 2. The molecule has 0 aliphatic carbocycles. The van der Waals surface area contributed by atoms with Crippen LogP contribution in [-0.2, 0) is 25.6 Å². The minimum absolute atomic E-state index is 0.122. The lowest BCUT2D eigenvalue weighted by Crippen LogP contribution is -2.44. The summed E-state index contributed by atoms with van der Waals surface area (Å²) in [6.45, 7) is 1.22. The minimum atomic E-state index is -1.46. The summed E-state index contributed by atoms with van der Waals surface area (Å²) in [6, 6.07) is 15.1. The molecule has 7 rings (SSSR count). The van der Waals surface area contributed by atoms with Crippen molar-refractivity contribution < 1.29 is 42.5 Å². The molecule has 0 unspecified atom stereocenters. The van der Waals surface area contributed by atoms with Gasteiger partial charge in [-0.25, -0.2) is 8.78 Å². The van der Waals surface area contributed by atoms with Crippen molar-refractivity contribution in [2.45, 2.75) is 56.5 Å². The molecule has 3 saturated heterocycles. The molecule has 13 heteroatoms. The molecule has 3 aliphatic rings. The molecule has 4 aromatic rings. The van der Waals surface area contributed by atoms with Crippen LogP contribution in [0.15, 0.2) is 66.9 Å². The fourth-order valence-corrected chi connectivity index (χ4v) is 7.00. The predicted molar refractivity (Wildman–Crippen MR) is 172 cm³/mol. The molecule has 3 fully saturated rings. The Labute approximate surface area is 279 Å². The zero-order chi connectivity index (χ0) is 33.7. The normalized spacial score (nSPS) is 25.0. The van der Waals surface area contributed by atoms with Gasteiger partial charge in [0.15, 0.2) is 17.7 Å². The lowest BCUT2D eigenvalue weighted by Gasteiger charge is -2.24. The van der Waals surface area contributed by atoms with Gasteiger partial charge in [0.25, 0.3) is 0 Å². The number of carbonyl (C=O) groups is 3. The highest BCUT2D eigenvalue weighted by atomic mass is 35.5. The number of alkyl halides is 1. The van der Waals surface area contributed by atoms with Gasteiger partial charge >= 0.3 is 0 Å². The Bertz CT molecular complexity index is 1920. The molecule has 0 radical (unpaired) electrons. The number of ketones is 1. The lowest BCUT2D eigenvalue weighted by atomic mass is 10.0. The van der Waals surface area contributed by atoms with E-state index in [2.05, 4.69) is 5.32 Å². The van der Waals surface area contributed by atoms with Crippen LogP contribution in [0.1, 0.15) is 23.7 Å². The van der Waals surface area contributed by atoms with E-state index in [1.165, 1.54) is 19.1 Å². The number of nitrogens with zero attached hydrogens (tertiary/aromatic N) is 2. The Morgan fingerprint density at radius 1 is 1.04 bits per heavy atom. The molecule has 3 aliphatic heterocycles. The zero-order valence-corrected chi connectivity index (χ0v) is 26.5. The Balaban J connectivity index is 1.09. The summed E-state index contributed by atoms with van der Waals surface area (Å²) < 4.78 is 49.3. The van der Waals surface area contributed by atoms with Crippen LogP contribution >= 0.6 is 11.6 Å². The summed E-state index contributed by atoms with van der Waals surface area (Å²) in [6.07, 6.45) is -2.21. The fourth-order valence-electron chi connectivity index (χ4n) is 6.76. The first-order valence-corrected chi connectivity index (χ1v) is 16.0. The van der Waals surface area contributed by atoms with Gasteiger partial charge in [0.05, 0.1) is 25.4 Å². The number of halogens is 3. The van der Waals surface area contributed by atoms with Gasteiger partial charge in [-0.15, -0.1) is 0 Å². The first-order chi connectivity index (χ1) is 23.1. The Morgan fingerprint density at radius 2 is 1.81 bits per heavy atom. The van der Waals surface area contributed by atoms with Gasteiger partial charge < -0.3 is 34.1 Å². The molecule has 2 N–H and O–H groups in total. The van der Waals surface area contributed by atoms with Gasteiger partial charge in [-0.1, -0.05) is 41.9 Å². The predicted octanol–water partition coefficient (Wildman–Crippen LogP) is 4.79. The van der Waals surface area contributed by atoms with Gasteiger partial charge in [0.1, 0.15) is 42.8 Å². The number of fused-ring (bicyclic) bond motifs is 2. The second kappa shape index (κ2) is 12.9. The number of aromatic nitrogens is 1. The van der Waals surface area contributed by atoms with Crippen molar-refractivity contribution in [2.75, 3.05) is 25.1 Å². The van der Waals surface area contributed by atoms with Crippen LogP contribution < -0.4 is 10.1 Å². The summed E-state index contributed by atoms with van der Waals surface area (Å²) in [4.78, 5) is 40.8. The van der Waals surface area contributed by atoms with Crippen LogP contribution in [0.2, 0.25) is 5.02 Å². The van der Waals surface area contributed by atoms with Crippen molar-refractivity contribution >= 4 is 45.8 Å². The maximum absolute atomic E-state index is 15.5. The SMILES string of the molecule is CC(=O)c1cn(CC(=O)N2C[C@H](F)C[C@H]2C(=O)Nc2cccc(-c3ccccc3Cl)c2F)c2ccc(O[C@@H]3CO[C@H]4[C@@H]3OC[C@H]4O)cc12. The number of anilines is 1. The maximum Gasteiger partial charge on any atom is 0.247 e. The number of likely N-dealkylation sites (tertiary alicyclic amines) is 1. The summed E-state index contributed by atoms with van der Waals surface area (Å²) in [5.41, 5.74) is 1.42. The first-order valence-electron chi connectivity index (χ1n) is 15.6. The highest BCUT2D eigenvalue weighted by Crippen LogP contribution is 2.35. The number of amides is 2. The summed E-state index contributed by atoms with van der Waals surface area (Å²) in [5, 5.41) is 13.5. The Hall–Kier alpha value is -4.36. The van der Waals surface area contributed by atoms with E-state index in [-0.39, 0.29) is 49.8 Å². The number of carbonyl (C=O) groups excluding carboxylic acids is 3. The molecule has 3 aromatic carbocycles. The molecular weight excluding hydrogens is 648 g/mol. The number of ether oxygens (including phenoxy) is 3. The second-order valence-corrected chi connectivity index (χ2v) is 12.7. The van der Waals surface area contributed by atoms with Crippen molar-refractivity contribution in [1.82, 2.24) is 9.47 Å². The van der Waals surface area contributed by atoms with E-state index in [0.717, 1.165) is 4.90 Å². The Kier molecular flexibility index (Phi) is 8.67. The number of aliphatic hydroxyl groups is 1. The van der Waals surface area contributed by atoms with Gasteiger partial charge in [-0.2, -0.15) is 0 Å². The van der Waals surface area contributed by atoms with E-state index in [1.54, 1.807) is 59.3 Å². The molecule has 4 heterocycles. The zero-order valence-electron chi connectivity index (χ0n) is 25.8. The molecule has 1 aromatic heterocycles. The van der Waals surface area contributed by atoms with Gasteiger partial charge in [0.2, 0.25) is 11.8 Å². The molecule has 6 atom stereocenters. The van der Waals surface area contributed by atoms with Crippen LogP contribution in [0.25, 0.3) is 22.0 Å². The molecule has 0 spiro atoms.